The standard InChI is InChI=1S/C18H24F2N2O4/c1-24-16-13(19)9-14(17(25-2)15(16)20)21-18(23)22-6-3-12(10-22)11-4-7-26-8-5-11/h9,11-12H,3-8,10H2,1-2H3,(H,21,23). The van der Waals surface area contributed by atoms with E-state index < -0.39 is 17.4 Å². The van der Waals surface area contributed by atoms with Crippen molar-refractivity contribution in [3.63, 3.8) is 0 Å². The van der Waals surface area contributed by atoms with E-state index in [-0.39, 0.29) is 17.5 Å². The molecule has 1 aromatic carbocycles. The van der Waals surface area contributed by atoms with E-state index in [1.165, 1.54) is 14.2 Å². The second-order valence-electron chi connectivity index (χ2n) is 6.66. The number of halogens is 2. The minimum absolute atomic E-state index is 0.0529. The third kappa shape index (κ3) is 3.70. The van der Waals surface area contributed by atoms with E-state index in [1.807, 2.05) is 0 Å². The molecule has 1 atom stereocenters. The maximum Gasteiger partial charge on any atom is 0.321 e. The quantitative estimate of drug-likeness (QED) is 0.884. The number of urea groups is 1. The molecule has 2 heterocycles. The Bertz CT molecular complexity index is 665. The summed E-state index contributed by atoms with van der Waals surface area (Å²) in [7, 11) is 2.42. The van der Waals surface area contributed by atoms with Crippen LogP contribution in [0.15, 0.2) is 6.07 Å². The molecule has 0 bridgehead atoms. The molecule has 0 radical (unpaired) electrons. The lowest BCUT2D eigenvalue weighted by molar-refractivity contribution is 0.0485. The van der Waals surface area contributed by atoms with Gasteiger partial charge in [0.2, 0.25) is 5.82 Å². The average molecular weight is 370 g/mol. The number of benzene rings is 1. The van der Waals surface area contributed by atoms with Gasteiger partial charge >= 0.3 is 6.03 Å². The summed E-state index contributed by atoms with van der Waals surface area (Å²) in [6, 6.07) is 0.617. The van der Waals surface area contributed by atoms with Gasteiger partial charge in [-0.25, -0.2) is 9.18 Å². The first-order valence-corrected chi connectivity index (χ1v) is 8.78. The molecular formula is C18H24F2N2O4. The molecule has 6 nitrogen and oxygen atoms in total. The zero-order valence-corrected chi connectivity index (χ0v) is 15.0. The molecular weight excluding hydrogens is 346 g/mol. The lowest BCUT2D eigenvalue weighted by atomic mass is 9.85. The second-order valence-corrected chi connectivity index (χ2v) is 6.66. The van der Waals surface area contributed by atoms with E-state index in [0.717, 1.165) is 38.5 Å². The predicted octanol–water partition coefficient (Wildman–Crippen LogP) is 3.26. The van der Waals surface area contributed by atoms with Crippen molar-refractivity contribution in [2.45, 2.75) is 19.3 Å². The van der Waals surface area contributed by atoms with Gasteiger partial charge in [-0.1, -0.05) is 0 Å². The number of likely N-dealkylation sites (tertiary alicyclic amines) is 1. The Hall–Kier alpha value is -2.09. The number of ether oxygens (including phenoxy) is 3. The molecule has 0 aromatic heterocycles. The summed E-state index contributed by atoms with van der Waals surface area (Å²) in [5.74, 6) is -1.67. The van der Waals surface area contributed by atoms with Crippen LogP contribution in [0.5, 0.6) is 11.5 Å². The smallest absolute Gasteiger partial charge is 0.321 e. The van der Waals surface area contributed by atoms with Gasteiger partial charge in [0.1, 0.15) is 0 Å². The molecule has 0 spiro atoms. The lowest BCUT2D eigenvalue weighted by Crippen LogP contribution is -2.34. The summed E-state index contributed by atoms with van der Waals surface area (Å²) < 4.78 is 43.3. The molecule has 8 heteroatoms. The fourth-order valence-electron chi connectivity index (χ4n) is 3.80. The van der Waals surface area contributed by atoms with Crippen LogP contribution < -0.4 is 14.8 Å². The molecule has 1 aromatic rings. The van der Waals surface area contributed by atoms with Crippen molar-refractivity contribution < 1.29 is 27.8 Å². The summed E-state index contributed by atoms with van der Waals surface area (Å²) in [5.41, 5.74) is -0.0529. The summed E-state index contributed by atoms with van der Waals surface area (Å²) in [5, 5.41) is 2.56. The molecule has 2 fully saturated rings. The topological polar surface area (TPSA) is 60.0 Å². The normalized spacial score (nSPS) is 20.9. The maximum atomic E-state index is 14.3. The number of hydrogen-bond donors (Lipinski definition) is 1. The molecule has 2 amide bonds. The number of carbonyl (C=O) groups excluding carboxylic acids is 1. The first kappa shape index (κ1) is 18.7. The SMILES string of the molecule is COc1c(F)cc(NC(=O)N2CCC(C3CCOCC3)C2)c(OC)c1F. The van der Waals surface area contributed by atoms with Crippen molar-refractivity contribution in [1.82, 2.24) is 4.90 Å². The number of carbonyl (C=O) groups is 1. The van der Waals surface area contributed by atoms with Crippen molar-refractivity contribution in [3.8, 4) is 11.5 Å². The van der Waals surface area contributed by atoms with Crippen molar-refractivity contribution >= 4 is 11.7 Å². The number of rotatable bonds is 4. The summed E-state index contributed by atoms with van der Waals surface area (Å²) in [6.45, 7) is 2.81. The van der Waals surface area contributed by atoms with Gasteiger partial charge in [-0.2, -0.15) is 4.39 Å². The maximum absolute atomic E-state index is 14.3. The Balaban J connectivity index is 1.68. The molecule has 1 unspecified atom stereocenters. The van der Waals surface area contributed by atoms with Gasteiger partial charge in [0.05, 0.1) is 19.9 Å². The molecule has 2 saturated heterocycles. The Labute approximate surface area is 151 Å². The van der Waals surface area contributed by atoms with E-state index in [1.54, 1.807) is 4.90 Å². The number of anilines is 1. The average Bonchev–Trinajstić information content (AvgIpc) is 3.13. The van der Waals surface area contributed by atoms with Gasteiger partial charge in [0.25, 0.3) is 0 Å². The van der Waals surface area contributed by atoms with Crippen LogP contribution in [0.2, 0.25) is 0 Å². The molecule has 1 N–H and O–H groups in total. The zero-order chi connectivity index (χ0) is 18.7. The Morgan fingerprint density at radius 3 is 2.50 bits per heavy atom. The highest BCUT2D eigenvalue weighted by Gasteiger charge is 2.33. The van der Waals surface area contributed by atoms with E-state index >= 15 is 0 Å². The van der Waals surface area contributed by atoms with Gasteiger partial charge in [0.15, 0.2) is 17.3 Å². The van der Waals surface area contributed by atoms with Crippen LogP contribution in [-0.2, 0) is 4.74 Å². The molecule has 0 saturated carbocycles. The Morgan fingerprint density at radius 2 is 1.85 bits per heavy atom. The molecule has 26 heavy (non-hydrogen) atoms. The molecule has 0 aliphatic carbocycles. The monoisotopic (exact) mass is 370 g/mol. The van der Waals surface area contributed by atoms with Crippen LogP contribution in [-0.4, -0.2) is 51.5 Å². The van der Waals surface area contributed by atoms with Crippen molar-refractivity contribution in [3.05, 3.63) is 17.7 Å². The summed E-state index contributed by atoms with van der Waals surface area (Å²) in [4.78, 5) is 14.2. The lowest BCUT2D eigenvalue weighted by Gasteiger charge is -2.27. The van der Waals surface area contributed by atoms with Gasteiger partial charge in [-0.3, -0.25) is 0 Å². The third-order valence-corrected chi connectivity index (χ3v) is 5.23. The predicted molar refractivity (Wildman–Crippen MR) is 91.7 cm³/mol. The van der Waals surface area contributed by atoms with Crippen LogP contribution in [0, 0.1) is 23.5 Å². The minimum Gasteiger partial charge on any atom is -0.491 e. The summed E-state index contributed by atoms with van der Waals surface area (Å²) >= 11 is 0. The van der Waals surface area contributed by atoms with E-state index in [2.05, 4.69) is 5.32 Å². The zero-order valence-electron chi connectivity index (χ0n) is 15.0. The van der Waals surface area contributed by atoms with Crippen LogP contribution in [0.4, 0.5) is 19.3 Å². The minimum atomic E-state index is -0.980. The molecule has 3 rings (SSSR count). The van der Waals surface area contributed by atoms with Gasteiger partial charge in [-0.15, -0.1) is 0 Å². The molecule has 2 aliphatic heterocycles. The van der Waals surface area contributed by atoms with Crippen LogP contribution in [0.1, 0.15) is 19.3 Å². The second kappa shape index (κ2) is 8.07. The van der Waals surface area contributed by atoms with Gasteiger partial charge in [-0.05, 0) is 31.1 Å². The highest BCUT2D eigenvalue weighted by molar-refractivity contribution is 5.91. The fourth-order valence-corrected chi connectivity index (χ4v) is 3.80. The van der Waals surface area contributed by atoms with Crippen LogP contribution in [0.3, 0.4) is 0 Å². The largest absolute Gasteiger partial charge is 0.491 e. The van der Waals surface area contributed by atoms with Gasteiger partial charge < -0.3 is 24.4 Å². The number of nitrogens with zero attached hydrogens (tertiary/aromatic N) is 1. The number of amides is 2. The Kier molecular flexibility index (Phi) is 5.80. The number of methoxy groups -OCH3 is 2. The first-order valence-electron chi connectivity index (χ1n) is 8.78. The molecule has 2 aliphatic rings. The Morgan fingerprint density at radius 1 is 1.15 bits per heavy atom. The van der Waals surface area contributed by atoms with Crippen molar-refractivity contribution in [2.24, 2.45) is 11.8 Å². The van der Waals surface area contributed by atoms with E-state index in [0.29, 0.717) is 24.9 Å². The fraction of sp³-hybridized carbons (Fsp3) is 0.611. The number of nitrogens with one attached hydrogen (secondary N) is 1. The molecule has 144 valence electrons. The van der Waals surface area contributed by atoms with Crippen LogP contribution in [0.25, 0.3) is 0 Å². The highest BCUT2D eigenvalue weighted by atomic mass is 19.1. The van der Waals surface area contributed by atoms with Crippen molar-refractivity contribution in [1.29, 1.82) is 0 Å². The van der Waals surface area contributed by atoms with Gasteiger partial charge in [0, 0.05) is 32.4 Å². The van der Waals surface area contributed by atoms with Crippen LogP contribution >= 0.6 is 0 Å². The van der Waals surface area contributed by atoms with E-state index in [4.69, 9.17) is 14.2 Å². The first-order chi connectivity index (χ1) is 12.5. The number of hydrogen-bond acceptors (Lipinski definition) is 4. The highest BCUT2D eigenvalue weighted by Crippen LogP contribution is 2.37. The third-order valence-electron chi connectivity index (χ3n) is 5.23. The summed E-state index contributed by atoms with van der Waals surface area (Å²) in [6.07, 6.45) is 2.96. The van der Waals surface area contributed by atoms with Crippen molar-refractivity contribution in [2.75, 3.05) is 45.8 Å². The van der Waals surface area contributed by atoms with E-state index in [9.17, 15) is 13.6 Å².